The van der Waals surface area contributed by atoms with Crippen molar-refractivity contribution in [1.29, 1.82) is 0 Å². The van der Waals surface area contributed by atoms with Gasteiger partial charge in [0.25, 0.3) is 0 Å². The van der Waals surface area contributed by atoms with E-state index in [9.17, 15) is 9.90 Å². The average molecular weight is 326 g/mol. The fraction of sp³-hybridized carbons (Fsp3) is 0.588. The average Bonchev–Trinajstić information content (AvgIpc) is 2.36. The Morgan fingerprint density at radius 3 is 1.91 bits per heavy atom. The van der Waals surface area contributed by atoms with Crippen LogP contribution in [0.4, 0.5) is 0 Å². The quantitative estimate of drug-likeness (QED) is 0.489. The molecule has 0 bridgehead atoms. The van der Waals surface area contributed by atoms with E-state index >= 15 is 0 Å². The molecule has 0 aliphatic carbocycles. The first-order valence-corrected chi connectivity index (χ1v) is 8.24. The largest absolute Gasteiger partial charge is 0.507 e. The molecule has 1 aromatic rings. The Morgan fingerprint density at radius 2 is 1.55 bits per heavy atom. The van der Waals surface area contributed by atoms with Crippen LogP contribution >= 0.6 is 12.0 Å². The molecule has 0 aliphatic heterocycles. The van der Waals surface area contributed by atoms with Crippen molar-refractivity contribution in [1.82, 2.24) is 0 Å². The summed E-state index contributed by atoms with van der Waals surface area (Å²) in [5.41, 5.74) is 1.30. The number of ether oxygens (including phenoxy) is 1. The molecule has 0 fully saturated rings. The lowest BCUT2D eigenvalue weighted by atomic mass is 9.78. The molecule has 0 amide bonds. The van der Waals surface area contributed by atoms with Crippen molar-refractivity contribution < 1.29 is 19.2 Å². The molecule has 0 radical (unpaired) electrons. The summed E-state index contributed by atoms with van der Waals surface area (Å²) in [6, 6.07) is 3.39. The van der Waals surface area contributed by atoms with E-state index < -0.39 is 5.97 Å². The van der Waals surface area contributed by atoms with Crippen LogP contribution in [0.5, 0.6) is 5.75 Å². The van der Waals surface area contributed by atoms with Gasteiger partial charge in [-0.3, -0.25) is 0 Å². The van der Waals surface area contributed by atoms with Gasteiger partial charge in [-0.25, -0.2) is 4.79 Å². The van der Waals surface area contributed by atoms with E-state index in [1.165, 1.54) is 0 Å². The number of hydrogen-bond acceptors (Lipinski definition) is 5. The summed E-state index contributed by atoms with van der Waals surface area (Å²) in [5, 5.41) is 10.6. The van der Waals surface area contributed by atoms with Crippen molar-refractivity contribution in [2.45, 2.75) is 52.4 Å². The van der Waals surface area contributed by atoms with Crippen LogP contribution in [-0.2, 0) is 15.6 Å². The summed E-state index contributed by atoms with van der Waals surface area (Å²) >= 11 is 0.639. The summed E-state index contributed by atoms with van der Waals surface area (Å²) in [4.78, 5) is 12.2. The molecular formula is C17H26O4S. The molecule has 1 aromatic carbocycles. The summed E-state index contributed by atoms with van der Waals surface area (Å²) in [6.07, 6.45) is 0. The molecule has 0 aliphatic rings. The van der Waals surface area contributed by atoms with E-state index in [4.69, 9.17) is 9.29 Å². The zero-order valence-corrected chi connectivity index (χ0v) is 15.0. The molecule has 0 saturated carbocycles. The minimum Gasteiger partial charge on any atom is -0.507 e. The number of aromatic hydroxyl groups is 1. The topological polar surface area (TPSA) is 66.8 Å². The SMILES string of the molecule is CC(C)(C)c1cc(C(=O)OCCSO)cc(C(C)(C)C)c1O. The highest BCUT2D eigenvalue weighted by Gasteiger charge is 2.28. The van der Waals surface area contributed by atoms with Crippen molar-refractivity contribution in [3.8, 4) is 5.75 Å². The Morgan fingerprint density at radius 1 is 1.09 bits per heavy atom. The van der Waals surface area contributed by atoms with Crippen LogP contribution in [0.2, 0.25) is 0 Å². The number of carbonyl (C=O) groups is 1. The first-order valence-electron chi connectivity index (χ1n) is 7.30. The second-order valence-corrected chi connectivity index (χ2v) is 8.06. The van der Waals surface area contributed by atoms with Crippen molar-refractivity contribution in [3.05, 3.63) is 28.8 Å². The number of phenols is 1. The number of benzene rings is 1. The minimum atomic E-state index is -0.440. The third-order valence-electron chi connectivity index (χ3n) is 3.37. The lowest BCUT2D eigenvalue weighted by Crippen LogP contribution is -2.19. The van der Waals surface area contributed by atoms with Gasteiger partial charge in [0, 0.05) is 11.1 Å². The highest BCUT2D eigenvalue weighted by molar-refractivity contribution is 7.93. The predicted octanol–water partition coefficient (Wildman–Crippen LogP) is 4.35. The summed E-state index contributed by atoms with van der Waals surface area (Å²) in [5.74, 6) is 0.134. The van der Waals surface area contributed by atoms with Gasteiger partial charge in [0.15, 0.2) is 0 Å². The van der Waals surface area contributed by atoms with E-state index in [1.54, 1.807) is 12.1 Å². The van der Waals surface area contributed by atoms with Gasteiger partial charge in [-0.2, -0.15) is 0 Å². The van der Waals surface area contributed by atoms with Gasteiger partial charge in [-0.05, 0) is 35.0 Å². The van der Waals surface area contributed by atoms with Crippen LogP contribution in [0.1, 0.15) is 63.0 Å². The van der Waals surface area contributed by atoms with E-state index in [1.807, 2.05) is 41.5 Å². The van der Waals surface area contributed by atoms with Crippen molar-refractivity contribution in [2.24, 2.45) is 0 Å². The zero-order chi connectivity index (χ0) is 17.1. The van der Waals surface area contributed by atoms with Gasteiger partial charge in [0.05, 0.1) is 11.3 Å². The predicted molar refractivity (Wildman–Crippen MR) is 90.9 cm³/mol. The maximum atomic E-state index is 12.2. The normalized spacial score (nSPS) is 12.3. The van der Waals surface area contributed by atoms with E-state index in [0.29, 0.717) is 23.4 Å². The first kappa shape index (κ1) is 18.8. The van der Waals surface area contributed by atoms with Crippen molar-refractivity contribution in [3.63, 3.8) is 0 Å². The lowest BCUT2D eigenvalue weighted by molar-refractivity contribution is 0.0529. The fourth-order valence-corrected chi connectivity index (χ4v) is 2.31. The van der Waals surface area contributed by atoms with Gasteiger partial charge in [0.1, 0.15) is 12.4 Å². The second-order valence-electron chi connectivity index (χ2n) is 7.39. The van der Waals surface area contributed by atoms with Crippen LogP contribution in [0.25, 0.3) is 0 Å². The lowest BCUT2D eigenvalue weighted by Gasteiger charge is -2.27. The summed E-state index contributed by atoms with van der Waals surface area (Å²) in [6.45, 7) is 12.1. The molecule has 5 heteroatoms. The molecule has 1 rings (SSSR count). The standard InChI is InChI=1S/C17H26O4S/c1-16(2,3)12-9-11(15(19)21-7-8-22-20)10-13(14(12)18)17(4,5)6/h9-10,18,20H,7-8H2,1-6H3. The van der Waals surface area contributed by atoms with Crippen LogP contribution < -0.4 is 0 Å². The third-order valence-corrected chi connectivity index (χ3v) is 3.72. The van der Waals surface area contributed by atoms with Gasteiger partial charge in [-0.1, -0.05) is 41.5 Å². The number of rotatable bonds is 4. The Labute approximate surface area is 137 Å². The second kappa shape index (κ2) is 6.92. The van der Waals surface area contributed by atoms with Crippen LogP contribution in [0, 0.1) is 0 Å². The summed E-state index contributed by atoms with van der Waals surface area (Å²) in [7, 11) is 0. The number of phenolic OH excluding ortho intramolecular Hbond substituents is 1. The third kappa shape index (κ3) is 4.65. The highest BCUT2D eigenvalue weighted by Crippen LogP contribution is 2.39. The number of esters is 1. The van der Waals surface area contributed by atoms with Gasteiger partial charge in [-0.15, -0.1) is 0 Å². The maximum Gasteiger partial charge on any atom is 0.338 e. The number of hydrogen-bond donors (Lipinski definition) is 2. The number of carbonyl (C=O) groups excluding carboxylic acids is 1. The molecule has 0 unspecified atom stereocenters. The van der Waals surface area contributed by atoms with Gasteiger partial charge in [0.2, 0.25) is 0 Å². The maximum absolute atomic E-state index is 12.2. The molecule has 0 heterocycles. The fourth-order valence-electron chi connectivity index (χ4n) is 2.15. The zero-order valence-electron chi connectivity index (χ0n) is 14.2. The molecular weight excluding hydrogens is 300 g/mol. The Bertz CT molecular complexity index is 504. The van der Waals surface area contributed by atoms with E-state index in [-0.39, 0.29) is 23.2 Å². The van der Waals surface area contributed by atoms with E-state index in [0.717, 1.165) is 11.1 Å². The summed E-state index contributed by atoms with van der Waals surface area (Å²) < 4.78 is 13.8. The highest BCUT2D eigenvalue weighted by atomic mass is 32.2. The smallest absolute Gasteiger partial charge is 0.338 e. The van der Waals surface area contributed by atoms with Crippen LogP contribution in [-0.4, -0.2) is 28.0 Å². The minimum absolute atomic E-state index is 0.149. The molecule has 4 nitrogen and oxygen atoms in total. The van der Waals surface area contributed by atoms with Crippen molar-refractivity contribution in [2.75, 3.05) is 12.4 Å². The first-order chi connectivity index (χ1) is 9.98. The molecule has 124 valence electrons. The molecule has 0 spiro atoms. The molecule has 22 heavy (non-hydrogen) atoms. The Hall–Kier alpha value is -1.20. The Kier molecular flexibility index (Phi) is 5.93. The molecule has 0 aromatic heterocycles. The van der Waals surface area contributed by atoms with Crippen LogP contribution in [0.3, 0.4) is 0 Å². The Balaban J connectivity index is 3.32. The molecule has 2 N–H and O–H groups in total. The van der Waals surface area contributed by atoms with Gasteiger partial charge < -0.3 is 14.4 Å². The van der Waals surface area contributed by atoms with Crippen LogP contribution in [0.15, 0.2) is 12.1 Å². The van der Waals surface area contributed by atoms with Gasteiger partial charge >= 0.3 is 5.97 Å². The molecule has 0 atom stereocenters. The monoisotopic (exact) mass is 326 g/mol. The molecule has 0 saturated heterocycles. The van der Waals surface area contributed by atoms with Crippen molar-refractivity contribution >= 4 is 18.0 Å². The van der Waals surface area contributed by atoms with E-state index in [2.05, 4.69) is 0 Å².